The number of halogens is 1. The average Bonchev–Trinajstić information content (AvgIpc) is 2.43. The molecule has 1 aromatic carbocycles. The first-order valence-electron chi connectivity index (χ1n) is 7.21. The third-order valence-electron chi connectivity index (χ3n) is 4.08. The third-order valence-corrected chi connectivity index (χ3v) is 4.80. The van der Waals surface area contributed by atoms with Gasteiger partial charge in [-0.05, 0) is 66.1 Å². The maximum Gasteiger partial charge on any atom is 0.253 e. The summed E-state index contributed by atoms with van der Waals surface area (Å²) in [6.07, 6.45) is 0.573. The molecule has 0 aromatic heterocycles. The van der Waals surface area contributed by atoms with Gasteiger partial charge in [0.05, 0.1) is 0 Å². The summed E-state index contributed by atoms with van der Waals surface area (Å²) in [6.45, 7) is 7.64. The molecule has 1 N–H and O–H groups in total. The summed E-state index contributed by atoms with van der Waals surface area (Å²) < 4.78 is 1.10. The summed E-state index contributed by atoms with van der Waals surface area (Å²) >= 11 is 2.23. The van der Waals surface area contributed by atoms with Gasteiger partial charge in [-0.2, -0.15) is 0 Å². The summed E-state index contributed by atoms with van der Waals surface area (Å²) in [6, 6.07) is 7.26. The number of anilines is 1. The maximum absolute atomic E-state index is 12.9. The van der Waals surface area contributed by atoms with Crippen LogP contribution in [0, 0.1) is 9.49 Å². The lowest BCUT2D eigenvalue weighted by Crippen LogP contribution is -2.70. The highest BCUT2D eigenvalue weighted by Gasteiger charge is 2.48. The molecule has 2 rings (SSSR count). The Kier molecular flexibility index (Phi) is 4.60. The third kappa shape index (κ3) is 2.93. The highest BCUT2D eigenvalue weighted by Crippen LogP contribution is 2.30. The summed E-state index contributed by atoms with van der Waals surface area (Å²) in [4.78, 5) is 27.1. The van der Waals surface area contributed by atoms with Crippen LogP contribution < -0.4 is 10.2 Å². The molecule has 114 valence electrons. The Hall–Kier alpha value is -1.11. The minimum Gasteiger partial charge on any atom is -0.340 e. The van der Waals surface area contributed by atoms with Gasteiger partial charge in [-0.25, -0.2) is 0 Å². The SMILES string of the molecule is CCC1(C)NC(=O)C(C(C)C)N(c2ccc(I)cc2)C1=O. The molecule has 0 radical (unpaired) electrons. The Balaban J connectivity index is 2.51. The highest BCUT2D eigenvalue weighted by atomic mass is 127. The molecule has 1 saturated heterocycles. The summed E-state index contributed by atoms with van der Waals surface area (Å²) in [5.41, 5.74) is -0.0421. The molecule has 5 heteroatoms. The van der Waals surface area contributed by atoms with E-state index in [0.717, 1.165) is 9.26 Å². The second kappa shape index (κ2) is 5.94. The summed E-state index contributed by atoms with van der Waals surface area (Å²) in [5, 5.41) is 2.90. The van der Waals surface area contributed by atoms with Crippen LogP contribution in [-0.4, -0.2) is 23.4 Å². The average molecular weight is 400 g/mol. The molecule has 1 fully saturated rings. The number of nitrogens with zero attached hydrogens (tertiary/aromatic N) is 1. The van der Waals surface area contributed by atoms with E-state index in [0.29, 0.717) is 6.42 Å². The molecule has 2 atom stereocenters. The van der Waals surface area contributed by atoms with E-state index in [4.69, 9.17) is 0 Å². The van der Waals surface area contributed by atoms with Gasteiger partial charge in [0.15, 0.2) is 0 Å². The number of hydrogen-bond donors (Lipinski definition) is 1. The zero-order valence-electron chi connectivity index (χ0n) is 12.8. The van der Waals surface area contributed by atoms with Gasteiger partial charge in [0.25, 0.3) is 5.91 Å². The van der Waals surface area contributed by atoms with Crippen molar-refractivity contribution in [2.45, 2.75) is 45.7 Å². The van der Waals surface area contributed by atoms with Crippen molar-refractivity contribution in [3.63, 3.8) is 0 Å². The fraction of sp³-hybridized carbons (Fsp3) is 0.500. The number of hydrogen-bond acceptors (Lipinski definition) is 2. The van der Waals surface area contributed by atoms with Crippen molar-refractivity contribution >= 4 is 40.1 Å². The van der Waals surface area contributed by atoms with Gasteiger partial charge in [0.1, 0.15) is 11.6 Å². The van der Waals surface area contributed by atoms with Crippen LogP contribution in [0.4, 0.5) is 5.69 Å². The van der Waals surface area contributed by atoms with Gasteiger partial charge >= 0.3 is 0 Å². The zero-order valence-corrected chi connectivity index (χ0v) is 15.0. The molecule has 1 heterocycles. The van der Waals surface area contributed by atoms with Crippen LogP contribution in [0.3, 0.4) is 0 Å². The Labute approximate surface area is 139 Å². The van der Waals surface area contributed by atoms with Crippen LogP contribution in [0.15, 0.2) is 24.3 Å². The van der Waals surface area contributed by atoms with Gasteiger partial charge in [-0.15, -0.1) is 0 Å². The first-order valence-corrected chi connectivity index (χ1v) is 8.29. The van der Waals surface area contributed by atoms with Gasteiger partial charge < -0.3 is 5.32 Å². The number of carbonyl (C=O) groups excluding carboxylic acids is 2. The van der Waals surface area contributed by atoms with Crippen molar-refractivity contribution in [3.05, 3.63) is 27.8 Å². The van der Waals surface area contributed by atoms with E-state index in [1.54, 1.807) is 11.8 Å². The Morgan fingerprint density at radius 3 is 2.33 bits per heavy atom. The Morgan fingerprint density at radius 1 is 1.29 bits per heavy atom. The van der Waals surface area contributed by atoms with E-state index in [-0.39, 0.29) is 17.7 Å². The van der Waals surface area contributed by atoms with Crippen molar-refractivity contribution in [2.75, 3.05) is 4.90 Å². The molecule has 21 heavy (non-hydrogen) atoms. The minimum absolute atomic E-state index is 0.0375. The first kappa shape index (κ1) is 16.3. The number of piperazine rings is 1. The number of nitrogens with one attached hydrogen (secondary N) is 1. The van der Waals surface area contributed by atoms with Crippen LogP contribution in [0.25, 0.3) is 0 Å². The zero-order chi connectivity index (χ0) is 15.8. The van der Waals surface area contributed by atoms with Crippen molar-refractivity contribution in [1.82, 2.24) is 5.32 Å². The van der Waals surface area contributed by atoms with Crippen molar-refractivity contribution in [2.24, 2.45) is 5.92 Å². The van der Waals surface area contributed by atoms with E-state index in [2.05, 4.69) is 27.9 Å². The molecule has 0 bridgehead atoms. The molecule has 2 unspecified atom stereocenters. The Morgan fingerprint density at radius 2 is 1.86 bits per heavy atom. The lowest BCUT2D eigenvalue weighted by atomic mass is 9.88. The van der Waals surface area contributed by atoms with Crippen molar-refractivity contribution in [3.8, 4) is 0 Å². The van der Waals surface area contributed by atoms with E-state index >= 15 is 0 Å². The van der Waals surface area contributed by atoms with Crippen molar-refractivity contribution < 1.29 is 9.59 Å². The monoisotopic (exact) mass is 400 g/mol. The predicted molar refractivity (Wildman–Crippen MR) is 92.1 cm³/mol. The van der Waals surface area contributed by atoms with Gasteiger partial charge in [0.2, 0.25) is 5.91 Å². The first-order chi connectivity index (χ1) is 9.80. The van der Waals surface area contributed by atoms with Crippen LogP contribution in [-0.2, 0) is 9.59 Å². The molecule has 0 saturated carbocycles. The van der Waals surface area contributed by atoms with Crippen LogP contribution in [0.2, 0.25) is 0 Å². The second-order valence-corrected chi connectivity index (χ2v) is 7.26. The van der Waals surface area contributed by atoms with Crippen molar-refractivity contribution in [1.29, 1.82) is 0 Å². The lowest BCUT2D eigenvalue weighted by molar-refractivity contribution is -0.138. The molecule has 4 nitrogen and oxygen atoms in total. The number of rotatable bonds is 3. The lowest BCUT2D eigenvalue weighted by Gasteiger charge is -2.45. The van der Waals surface area contributed by atoms with Gasteiger partial charge in [0, 0.05) is 9.26 Å². The number of benzene rings is 1. The van der Waals surface area contributed by atoms with Gasteiger partial charge in [-0.1, -0.05) is 20.8 Å². The van der Waals surface area contributed by atoms with E-state index < -0.39 is 11.6 Å². The normalized spacial score (nSPS) is 26.2. The molecule has 1 aromatic rings. The van der Waals surface area contributed by atoms with E-state index in [9.17, 15) is 9.59 Å². The second-order valence-electron chi connectivity index (χ2n) is 6.02. The number of amides is 2. The van der Waals surface area contributed by atoms with Crippen LogP contribution in [0.5, 0.6) is 0 Å². The topological polar surface area (TPSA) is 49.4 Å². The summed E-state index contributed by atoms with van der Waals surface area (Å²) in [7, 11) is 0. The smallest absolute Gasteiger partial charge is 0.253 e. The highest BCUT2D eigenvalue weighted by molar-refractivity contribution is 14.1. The van der Waals surface area contributed by atoms with Crippen LogP contribution >= 0.6 is 22.6 Å². The minimum atomic E-state index is -0.828. The molecule has 0 aliphatic carbocycles. The Bertz CT molecular complexity index is 556. The maximum atomic E-state index is 12.9. The quantitative estimate of drug-likeness (QED) is 0.794. The largest absolute Gasteiger partial charge is 0.340 e. The standard InChI is InChI=1S/C16H21IN2O2/c1-5-16(4)15(21)19(12-8-6-11(17)7-9-12)13(10(2)3)14(20)18-16/h6-10,13H,5H2,1-4H3,(H,18,20). The molecule has 2 amide bonds. The predicted octanol–water partition coefficient (Wildman–Crippen LogP) is 2.95. The summed E-state index contributed by atoms with van der Waals surface area (Å²) in [5.74, 6) is -0.0633. The van der Waals surface area contributed by atoms with E-state index in [1.807, 2.05) is 45.0 Å². The fourth-order valence-corrected chi connectivity index (χ4v) is 2.99. The number of carbonyl (C=O) groups is 2. The molecular formula is C16H21IN2O2. The molecular weight excluding hydrogens is 379 g/mol. The molecule has 0 spiro atoms. The van der Waals surface area contributed by atoms with E-state index in [1.165, 1.54) is 0 Å². The van der Waals surface area contributed by atoms with Gasteiger partial charge in [-0.3, -0.25) is 14.5 Å². The fourth-order valence-electron chi connectivity index (χ4n) is 2.63. The van der Waals surface area contributed by atoms with Crippen LogP contribution in [0.1, 0.15) is 34.1 Å². The molecule has 1 aliphatic rings. The molecule has 1 aliphatic heterocycles.